The second-order valence-corrected chi connectivity index (χ2v) is 5.91. The molecule has 1 N–H and O–H groups in total. The van der Waals surface area contributed by atoms with Crippen molar-refractivity contribution in [3.63, 3.8) is 0 Å². The monoisotopic (exact) mass is 365 g/mol. The van der Waals surface area contributed by atoms with Crippen LogP contribution in [0.4, 0.5) is 5.69 Å². The molecule has 3 rings (SSSR count). The van der Waals surface area contributed by atoms with Crippen LogP contribution in [0, 0.1) is 10.1 Å². The van der Waals surface area contributed by atoms with Crippen molar-refractivity contribution in [1.29, 1.82) is 0 Å². The number of benzene rings is 3. The molecule has 0 aliphatic heterocycles. The lowest BCUT2D eigenvalue weighted by molar-refractivity contribution is -0.386. The van der Waals surface area contributed by atoms with Gasteiger partial charge < -0.3 is 14.6 Å². The Bertz CT molecular complexity index is 939. The molecule has 0 aromatic heterocycles. The molecule has 6 heteroatoms. The van der Waals surface area contributed by atoms with Gasteiger partial charge in [0, 0.05) is 0 Å². The summed E-state index contributed by atoms with van der Waals surface area (Å²) in [6, 6.07) is 19.8. The fraction of sp³-hybridized carbons (Fsp3) is 0.143. The first-order chi connectivity index (χ1) is 13.0. The lowest BCUT2D eigenvalue weighted by Crippen LogP contribution is -2.05. The summed E-state index contributed by atoms with van der Waals surface area (Å²) < 4.78 is 10.3. The molecule has 6 nitrogen and oxygen atoms in total. The Balaban J connectivity index is 2.00. The first-order valence-electron chi connectivity index (χ1n) is 8.29. The highest BCUT2D eigenvalue weighted by molar-refractivity contribution is 5.64. The quantitative estimate of drug-likeness (QED) is 0.518. The van der Waals surface area contributed by atoms with Gasteiger partial charge in [0.2, 0.25) is 0 Å². The maximum atomic E-state index is 11.5. The maximum Gasteiger partial charge on any atom is 0.279 e. The first kappa shape index (κ1) is 18.4. The summed E-state index contributed by atoms with van der Waals surface area (Å²) >= 11 is 0. The lowest BCUT2D eigenvalue weighted by Gasteiger charge is -2.15. The van der Waals surface area contributed by atoms with Crippen LogP contribution in [0.5, 0.6) is 11.5 Å². The van der Waals surface area contributed by atoms with Gasteiger partial charge in [-0.3, -0.25) is 10.1 Å². The van der Waals surface area contributed by atoms with Gasteiger partial charge in [-0.2, -0.15) is 0 Å². The fourth-order valence-electron chi connectivity index (χ4n) is 2.93. The number of methoxy groups -OCH3 is 2. The van der Waals surface area contributed by atoms with Gasteiger partial charge in [0.15, 0.2) is 11.5 Å². The van der Waals surface area contributed by atoms with Crippen LogP contribution in [0.3, 0.4) is 0 Å². The van der Waals surface area contributed by atoms with Crippen molar-refractivity contribution in [2.75, 3.05) is 14.2 Å². The van der Waals surface area contributed by atoms with Crippen LogP contribution < -0.4 is 9.47 Å². The fourth-order valence-corrected chi connectivity index (χ4v) is 2.93. The third-order valence-corrected chi connectivity index (χ3v) is 4.36. The highest BCUT2D eigenvalue weighted by Gasteiger charge is 2.25. The number of ether oxygens (including phenoxy) is 2. The van der Waals surface area contributed by atoms with E-state index in [0.29, 0.717) is 11.3 Å². The summed E-state index contributed by atoms with van der Waals surface area (Å²) in [6.45, 7) is 0. The Morgan fingerprint density at radius 3 is 2.00 bits per heavy atom. The molecule has 3 aromatic carbocycles. The topological polar surface area (TPSA) is 81.8 Å². The molecule has 0 saturated carbocycles. The highest BCUT2D eigenvalue weighted by Crippen LogP contribution is 2.39. The number of hydrogen-bond acceptors (Lipinski definition) is 5. The predicted molar refractivity (Wildman–Crippen MR) is 102 cm³/mol. The van der Waals surface area contributed by atoms with Crippen molar-refractivity contribution >= 4 is 5.69 Å². The SMILES string of the molecule is COc1cc([C@@H](O)c2ccc(-c3ccccc3)cc2)c([N+](=O)[O-])cc1OC. The van der Waals surface area contributed by atoms with Crippen LogP contribution in [0.2, 0.25) is 0 Å². The zero-order valence-electron chi connectivity index (χ0n) is 15.0. The van der Waals surface area contributed by atoms with E-state index < -0.39 is 11.0 Å². The number of aliphatic hydroxyl groups excluding tert-OH is 1. The Morgan fingerprint density at radius 2 is 1.44 bits per heavy atom. The summed E-state index contributed by atoms with van der Waals surface area (Å²) in [5, 5.41) is 22.2. The van der Waals surface area contributed by atoms with Crippen molar-refractivity contribution in [1.82, 2.24) is 0 Å². The molecule has 0 saturated heterocycles. The molecule has 0 aliphatic rings. The van der Waals surface area contributed by atoms with Crippen molar-refractivity contribution in [2.24, 2.45) is 0 Å². The molecule has 138 valence electrons. The zero-order chi connectivity index (χ0) is 19.4. The molecule has 0 bridgehead atoms. The van der Waals surface area contributed by atoms with Crippen LogP contribution in [-0.4, -0.2) is 24.2 Å². The molecular formula is C21H19NO5. The summed E-state index contributed by atoms with van der Waals surface area (Å²) in [7, 11) is 2.84. The molecule has 3 aromatic rings. The summed E-state index contributed by atoms with van der Waals surface area (Å²) in [5.74, 6) is 0.553. The second kappa shape index (κ2) is 7.88. The van der Waals surface area contributed by atoms with Crippen LogP contribution >= 0.6 is 0 Å². The smallest absolute Gasteiger partial charge is 0.279 e. The Hall–Kier alpha value is -3.38. The van der Waals surface area contributed by atoms with Crippen LogP contribution in [0.15, 0.2) is 66.7 Å². The minimum Gasteiger partial charge on any atom is -0.493 e. The van der Waals surface area contributed by atoms with Crippen molar-refractivity contribution < 1.29 is 19.5 Å². The number of nitro benzene ring substituents is 1. The van der Waals surface area contributed by atoms with E-state index in [1.54, 1.807) is 12.1 Å². The Morgan fingerprint density at radius 1 is 0.889 bits per heavy atom. The van der Waals surface area contributed by atoms with E-state index >= 15 is 0 Å². The minimum absolute atomic E-state index is 0.144. The number of rotatable bonds is 6. The molecule has 27 heavy (non-hydrogen) atoms. The Labute approximate surface area is 156 Å². The standard InChI is InChI=1S/C21H19NO5/c1-26-19-12-17(18(22(24)25)13-20(19)27-2)21(23)16-10-8-15(9-11-16)14-6-4-3-5-7-14/h3-13,21,23H,1-2H3/t21-/m0/s1. The van der Waals surface area contributed by atoms with E-state index in [1.165, 1.54) is 26.4 Å². The average Bonchev–Trinajstić information content (AvgIpc) is 2.72. The van der Waals surface area contributed by atoms with E-state index in [1.807, 2.05) is 42.5 Å². The van der Waals surface area contributed by atoms with Gasteiger partial charge in [-0.1, -0.05) is 54.6 Å². The van der Waals surface area contributed by atoms with Crippen LogP contribution in [0.25, 0.3) is 11.1 Å². The van der Waals surface area contributed by atoms with E-state index in [9.17, 15) is 15.2 Å². The van der Waals surface area contributed by atoms with Gasteiger partial charge in [-0.15, -0.1) is 0 Å². The van der Waals surface area contributed by atoms with Crippen LogP contribution in [0.1, 0.15) is 17.2 Å². The number of hydrogen-bond donors (Lipinski definition) is 1. The molecule has 0 spiro atoms. The third-order valence-electron chi connectivity index (χ3n) is 4.36. The number of nitro groups is 1. The number of nitrogens with zero attached hydrogens (tertiary/aromatic N) is 1. The molecule has 0 aliphatic carbocycles. The zero-order valence-corrected chi connectivity index (χ0v) is 15.0. The Kier molecular flexibility index (Phi) is 5.38. The van der Waals surface area contributed by atoms with Crippen molar-refractivity contribution in [2.45, 2.75) is 6.10 Å². The van der Waals surface area contributed by atoms with Crippen molar-refractivity contribution in [3.05, 3.63) is 88.0 Å². The van der Waals surface area contributed by atoms with Crippen molar-refractivity contribution in [3.8, 4) is 22.6 Å². The molecule has 0 fully saturated rings. The van der Waals surface area contributed by atoms with Crippen LogP contribution in [-0.2, 0) is 0 Å². The van der Waals surface area contributed by atoms with Gasteiger partial charge >= 0.3 is 0 Å². The second-order valence-electron chi connectivity index (χ2n) is 5.91. The van der Waals surface area contributed by atoms with Gasteiger partial charge in [-0.05, 0) is 22.8 Å². The highest BCUT2D eigenvalue weighted by atomic mass is 16.6. The lowest BCUT2D eigenvalue weighted by atomic mass is 9.97. The largest absolute Gasteiger partial charge is 0.493 e. The van der Waals surface area contributed by atoms with E-state index in [4.69, 9.17) is 9.47 Å². The predicted octanol–water partition coefficient (Wildman–Crippen LogP) is 4.36. The third kappa shape index (κ3) is 3.75. The number of aliphatic hydroxyl groups is 1. The molecule has 1 atom stereocenters. The summed E-state index contributed by atoms with van der Waals surface area (Å²) in [5.41, 5.74) is 2.51. The molecular weight excluding hydrogens is 346 g/mol. The molecule has 0 unspecified atom stereocenters. The molecule has 0 amide bonds. The van der Waals surface area contributed by atoms with E-state index in [-0.39, 0.29) is 17.0 Å². The summed E-state index contributed by atoms with van der Waals surface area (Å²) in [6.07, 6.45) is -1.17. The molecule has 0 radical (unpaired) electrons. The molecule has 0 heterocycles. The minimum atomic E-state index is -1.17. The van der Waals surface area contributed by atoms with Gasteiger partial charge in [0.25, 0.3) is 5.69 Å². The van der Waals surface area contributed by atoms with Gasteiger partial charge in [-0.25, -0.2) is 0 Å². The average molecular weight is 365 g/mol. The normalized spacial score (nSPS) is 11.7. The van der Waals surface area contributed by atoms with Gasteiger partial charge in [0.05, 0.1) is 30.8 Å². The van der Waals surface area contributed by atoms with E-state index in [0.717, 1.165) is 11.1 Å². The van der Waals surface area contributed by atoms with Gasteiger partial charge in [0.1, 0.15) is 6.10 Å². The first-order valence-corrected chi connectivity index (χ1v) is 8.29. The maximum absolute atomic E-state index is 11.5. The van der Waals surface area contributed by atoms with E-state index in [2.05, 4.69) is 0 Å². The summed E-state index contributed by atoms with van der Waals surface area (Å²) in [4.78, 5) is 10.9.